The maximum atomic E-state index is 16.8. The lowest BCUT2D eigenvalue weighted by molar-refractivity contribution is 0.501. The summed E-state index contributed by atoms with van der Waals surface area (Å²) in [6.07, 6.45) is 0. The summed E-state index contributed by atoms with van der Waals surface area (Å²) < 4.78 is 33.6. The molecule has 0 atom stereocenters. The first kappa shape index (κ1) is 28.9. The second-order valence-corrected chi connectivity index (χ2v) is 13.9. The molecule has 0 bridgehead atoms. The molecule has 0 saturated heterocycles. The molecule has 5 aromatic carbocycles. The highest BCUT2D eigenvalue weighted by atomic mass is 32.2. The van der Waals surface area contributed by atoms with Crippen LogP contribution in [0, 0.1) is 39.3 Å². The molecule has 0 aliphatic rings. The van der Waals surface area contributed by atoms with E-state index in [1.807, 2.05) is 125 Å². The van der Waals surface area contributed by atoms with E-state index in [9.17, 15) is 0 Å². The maximum absolute atomic E-state index is 16.8. The second kappa shape index (κ2) is 12.9. The van der Waals surface area contributed by atoms with Crippen LogP contribution in [0.1, 0.15) is 22.3 Å². The van der Waals surface area contributed by atoms with Crippen molar-refractivity contribution in [3.8, 4) is 0 Å². The van der Waals surface area contributed by atoms with E-state index in [1.54, 1.807) is 0 Å². The van der Waals surface area contributed by atoms with Gasteiger partial charge < -0.3 is 0 Å². The van der Waals surface area contributed by atoms with Crippen LogP contribution < -0.4 is 0 Å². The summed E-state index contributed by atoms with van der Waals surface area (Å²) in [6.45, 7) is 8.06. The van der Waals surface area contributed by atoms with Crippen LogP contribution in [-0.2, 0) is 0 Å². The Bertz CT molecular complexity index is 1370. The minimum Gasteiger partial charge on any atom is -0.204 e. The summed E-state index contributed by atoms with van der Waals surface area (Å²) in [7, 11) is 0. The molecule has 0 aliphatic carbocycles. The van der Waals surface area contributed by atoms with Crippen molar-refractivity contribution in [1.29, 1.82) is 0 Å². The van der Waals surface area contributed by atoms with E-state index in [2.05, 4.69) is 0 Å². The normalized spacial score (nSPS) is 11.2. The van der Waals surface area contributed by atoms with E-state index in [-0.39, 0.29) is 0 Å². The molecule has 0 N–H and O–H groups in total. The smallest absolute Gasteiger partial charge is 0.153 e. The van der Waals surface area contributed by atoms with Gasteiger partial charge in [0.25, 0.3) is 0 Å². The Morgan fingerprint density at radius 1 is 0.325 bits per heavy atom. The molecule has 6 heteroatoms. The van der Waals surface area contributed by atoms with Gasteiger partial charge in [-0.25, -0.2) is 8.78 Å². The fourth-order valence-corrected chi connectivity index (χ4v) is 8.02. The zero-order valence-electron chi connectivity index (χ0n) is 22.6. The van der Waals surface area contributed by atoms with Crippen molar-refractivity contribution in [3.63, 3.8) is 0 Å². The summed E-state index contributed by atoms with van der Waals surface area (Å²) >= 11 is 5.09. The number of hydrogen-bond acceptors (Lipinski definition) is 4. The van der Waals surface area contributed by atoms with E-state index in [0.29, 0.717) is 19.6 Å². The van der Waals surface area contributed by atoms with Gasteiger partial charge in [-0.15, -0.1) is 0 Å². The van der Waals surface area contributed by atoms with Gasteiger partial charge >= 0.3 is 0 Å². The number of benzene rings is 5. The van der Waals surface area contributed by atoms with Gasteiger partial charge in [0.1, 0.15) is 0 Å². The minimum atomic E-state index is -0.401. The summed E-state index contributed by atoms with van der Waals surface area (Å²) in [5.41, 5.74) is 4.47. The van der Waals surface area contributed by atoms with Crippen LogP contribution in [0.4, 0.5) is 8.78 Å². The monoisotopic (exact) mass is 602 g/mol. The molecule has 202 valence electrons. The number of rotatable bonds is 8. The van der Waals surface area contributed by atoms with Gasteiger partial charge in [0, 0.05) is 19.6 Å². The third-order valence-electron chi connectivity index (χ3n) is 6.17. The number of hydrogen-bond donors (Lipinski definition) is 0. The van der Waals surface area contributed by atoms with Crippen molar-refractivity contribution in [2.24, 2.45) is 0 Å². The molecule has 5 rings (SSSR count). The fourth-order valence-electron chi connectivity index (χ4n) is 3.87. The Balaban J connectivity index is 1.69. The van der Waals surface area contributed by atoms with E-state index in [1.165, 1.54) is 47.0 Å². The van der Waals surface area contributed by atoms with Crippen molar-refractivity contribution in [1.82, 2.24) is 0 Å². The molecule has 0 aromatic heterocycles. The summed E-state index contributed by atoms with van der Waals surface area (Å²) in [5, 5.41) is 0. The van der Waals surface area contributed by atoms with Crippen LogP contribution in [0.5, 0.6) is 0 Å². The first-order valence-corrected chi connectivity index (χ1v) is 16.1. The fraction of sp³-hybridized carbons (Fsp3) is 0.118. The lowest BCUT2D eigenvalue weighted by atomic mass is 10.2. The summed E-state index contributed by atoms with van der Waals surface area (Å²) in [4.78, 5) is 4.65. The largest absolute Gasteiger partial charge is 0.204 e. The highest BCUT2D eigenvalue weighted by Gasteiger charge is 2.28. The summed E-state index contributed by atoms with van der Waals surface area (Å²) in [6, 6.07) is 31.6. The van der Waals surface area contributed by atoms with Crippen LogP contribution >= 0.6 is 47.0 Å². The molecule has 0 nitrogen and oxygen atoms in total. The molecule has 0 aliphatic heterocycles. The third kappa shape index (κ3) is 6.98. The van der Waals surface area contributed by atoms with E-state index in [4.69, 9.17) is 0 Å². The molecule has 0 heterocycles. The quantitative estimate of drug-likeness (QED) is 0.173. The average Bonchev–Trinajstić information content (AvgIpc) is 2.95. The van der Waals surface area contributed by atoms with Crippen molar-refractivity contribution in [2.45, 2.75) is 66.9 Å². The minimum absolute atomic E-state index is 0.301. The zero-order chi connectivity index (χ0) is 28.2. The van der Waals surface area contributed by atoms with Gasteiger partial charge in [-0.05, 0) is 76.2 Å². The predicted octanol–water partition coefficient (Wildman–Crippen LogP) is 11.8. The molecule has 0 spiro atoms. The Morgan fingerprint density at radius 2 is 0.500 bits per heavy atom. The second-order valence-electron chi connectivity index (χ2n) is 9.60. The maximum Gasteiger partial charge on any atom is 0.153 e. The topological polar surface area (TPSA) is 0 Å². The molecule has 0 unspecified atom stereocenters. The lowest BCUT2D eigenvalue weighted by Gasteiger charge is -2.19. The van der Waals surface area contributed by atoms with E-state index < -0.39 is 11.6 Å². The SMILES string of the molecule is Cc1ccc(Sc2c(F)c(Sc3ccc(C)cc3)c(Sc3ccc(C)cc3)c(F)c2Sc2ccc(C)cc2)cc1. The number of aryl methyl sites for hydroxylation is 4. The van der Waals surface area contributed by atoms with Crippen molar-refractivity contribution in [3.05, 3.63) is 131 Å². The Labute approximate surface area is 252 Å². The van der Waals surface area contributed by atoms with Crippen LogP contribution in [0.15, 0.2) is 136 Å². The van der Waals surface area contributed by atoms with E-state index in [0.717, 1.165) is 41.8 Å². The van der Waals surface area contributed by atoms with Crippen LogP contribution in [-0.4, -0.2) is 0 Å². The first-order chi connectivity index (χ1) is 19.3. The van der Waals surface area contributed by atoms with Gasteiger partial charge in [0.2, 0.25) is 0 Å². The molecular weight excluding hydrogens is 575 g/mol. The van der Waals surface area contributed by atoms with Gasteiger partial charge in [-0.2, -0.15) is 0 Å². The molecular formula is C34H28F2S4. The highest BCUT2D eigenvalue weighted by molar-refractivity contribution is 8.03. The molecule has 0 fully saturated rings. The lowest BCUT2D eigenvalue weighted by Crippen LogP contribution is -1.99. The Kier molecular flexibility index (Phi) is 9.31. The van der Waals surface area contributed by atoms with Crippen molar-refractivity contribution >= 4 is 47.0 Å². The molecule has 5 aromatic rings. The Hall–Kier alpha value is -2.64. The van der Waals surface area contributed by atoms with E-state index >= 15 is 8.78 Å². The van der Waals surface area contributed by atoms with Gasteiger partial charge in [-0.1, -0.05) is 118 Å². The highest BCUT2D eigenvalue weighted by Crippen LogP contribution is 2.51. The van der Waals surface area contributed by atoms with Crippen LogP contribution in [0.25, 0.3) is 0 Å². The third-order valence-corrected chi connectivity index (χ3v) is 10.8. The van der Waals surface area contributed by atoms with Crippen LogP contribution in [0.3, 0.4) is 0 Å². The summed E-state index contributed by atoms with van der Waals surface area (Å²) in [5.74, 6) is -0.802. The van der Waals surface area contributed by atoms with Gasteiger partial charge in [0.15, 0.2) is 11.6 Å². The predicted molar refractivity (Wildman–Crippen MR) is 168 cm³/mol. The first-order valence-electron chi connectivity index (χ1n) is 12.8. The van der Waals surface area contributed by atoms with Gasteiger partial charge in [0.05, 0.1) is 19.6 Å². The molecule has 0 radical (unpaired) electrons. The van der Waals surface area contributed by atoms with Gasteiger partial charge in [-0.3, -0.25) is 0 Å². The van der Waals surface area contributed by atoms with Crippen LogP contribution in [0.2, 0.25) is 0 Å². The molecule has 40 heavy (non-hydrogen) atoms. The number of halogens is 2. The standard InChI is InChI=1S/C34H28F2S4/c1-21-5-13-25(14-6-21)37-31-29(35)33(39-27-17-9-23(3)10-18-27)34(40-28-19-11-24(4)12-20-28)30(36)32(31)38-26-15-7-22(2)8-16-26/h5-20H,1-4H3. The van der Waals surface area contributed by atoms with Crippen molar-refractivity contribution < 1.29 is 8.78 Å². The zero-order valence-corrected chi connectivity index (χ0v) is 25.9. The molecule has 0 saturated carbocycles. The average molecular weight is 603 g/mol. The Morgan fingerprint density at radius 3 is 0.675 bits per heavy atom. The molecule has 0 amide bonds. The van der Waals surface area contributed by atoms with Crippen molar-refractivity contribution in [2.75, 3.05) is 0 Å².